The first kappa shape index (κ1) is 20.1. The summed E-state index contributed by atoms with van der Waals surface area (Å²) in [5.74, 6) is 0.179. The first-order chi connectivity index (χ1) is 14.1. The van der Waals surface area contributed by atoms with Crippen molar-refractivity contribution in [3.8, 4) is 5.75 Å². The van der Waals surface area contributed by atoms with Crippen LogP contribution >= 0.6 is 11.8 Å². The van der Waals surface area contributed by atoms with Crippen LogP contribution in [0.15, 0.2) is 74.3 Å². The van der Waals surface area contributed by atoms with Gasteiger partial charge in [-0.05, 0) is 23.3 Å². The normalized spacial score (nSPS) is 10.8. The van der Waals surface area contributed by atoms with E-state index in [1.54, 1.807) is 6.07 Å². The number of carbonyl (C=O) groups is 1. The number of hydrogen-bond donors (Lipinski definition) is 3. The molecule has 1 amide bonds. The van der Waals surface area contributed by atoms with Crippen molar-refractivity contribution in [1.82, 2.24) is 20.6 Å². The molecular weight excluding hydrogens is 394 g/mol. The number of hydrogen-bond acceptors (Lipinski definition) is 7. The van der Waals surface area contributed by atoms with Crippen LogP contribution in [0, 0.1) is 0 Å². The standard InChI is InChI=1S/C19H17N5O4S/c25-16(12-29-18-17(26)21-19(27)24-23-18)22-20-10-14-7-4-8-15(9-14)28-11-13-5-2-1-3-6-13/h1-10H,11-12H2,(H,22,25)(H2,21,24,26,27)/b20-10+. The molecule has 3 aromatic rings. The Bertz CT molecular complexity index is 1110. The van der Waals surface area contributed by atoms with Crippen LogP contribution in [0.4, 0.5) is 0 Å². The maximum Gasteiger partial charge on any atom is 0.342 e. The Labute approximate surface area is 169 Å². The molecule has 10 heteroatoms. The molecule has 0 saturated heterocycles. The van der Waals surface area contributed by atoms with Gasteiger partial charge in [0.2, 0.25) is 5.91 Å². The van der Waals surface area contributed by atoms with Gasteiger partial charge in [0.05, 0.1) is 12.0 Å². The highest BCUT2D eigenvalue weighted by molar-refractivity contribution is 7.99. The van der Waals surface area contributed by atoms with Gasteiger partial charge in [-0.3, -0.25) is 14.6 Å². The number of H-pyrrole nitrogens is 2. The second kappa shape index (κ2) is 10.0. The van der Waals surface area contributed by atoms with Crippen LogP contribution in [0.2, 0.25) is 0 Å². The van der Waals surface area contributed by atoms with Gasteiger partial charge in [0.15, 0.2) is 5.03 Å². The quantitative estimate of drug-likeness (QED) is 0.291. The average molecular weight is 411 g/mol. The Morgan fingerprint density at radius 3 is 2.79 bits per heavy atom. The third kappa shape index (κ3) is 6.47. The molecule has 0 fully saturated rings. The first-order valence-electron chi connectivity index (χ1n) is 8.50. The van der Waals surface area contributed by atoms with Crippen LogP contribution in [-0.2, 0) is 11.4 Å². The Kier molecular flexibility index (Phi) is 6.95. The van der Waals surface area contributed by atoms with E-state index >= 15 is 0 Å². The third-order valence-corrected chi connectivity index (χ3v) is 4.49. The van der Waals surface area contributed by atoms with Crippen molar-refractivity contribution in [3.63, 3.8) is 0 Å². The lowest BCUT2D eigenvalue weighted by molar-refractivity contribution is -0.118. The molecule has 3 N–H and O–H groups in total. The highest BCUT2D eigenvalue weighted by Crippen LogP contribution is 2.14. The number of nitrogens with zero attached hydrogens (tertiary/aromatic N) is 2. The molecule has 0 atom stereocenters. The van der Waals surface area contributed by atoms with E-state index in [9.17, 15) is 14.4 Å². The molecule has 9 nitrogen and oxygen atoms in total. The second-order valence-electron chi connectivity index (χ2n) is 5.74. The minimum Gasteiger partial charge on any atom is -0.489 e. The lowest BCUT2D eigenvalue weighted by atomic mass is 10.2. The lowest BCUT2D eigenvalue weighted by Gasteiger charge is -2.06. The third-order valence-electron chi connectivity index (χ3n) is 3.53. The zero-order chi connectivity index (χ0) is 20.5. The van der Waals surface area contributed by atoms with E-state index in [1.165, 1.54) is 6.21 Å². The SMILES string of the molecule is O=C(CSc1n[nH]c(=O)[nH]c1=O)N/N=C/c1cccc(OCc2ccccc2)c1. The number of ether oxygens (including phenoxy) is 1. The van der Waals surface area contributed by atoms with Gasteiger partial charge in [0.1, 0.15) is 12.4 Å². The van der Waals surface area contributed by atoms with E-state index in [4.69, 9.17) is 4.74 Å². The van der Waals surface area contributed by atoms with Crippen molar-refractivity contribution < 1.29 is 9.53 Å². The molecule has 3 rings (SSSR count). The van der Waals surface area contributed by atoms with E-state index in [-0.39, 0.29) is 10.8 Å². The fourth-order valence-corrected chi connectivity index (χ4v) is 2.83. The van der Waals surface area contributed by atoms with Crippen LogP contribution in [-0.4, -0.2) is 33.1 Å². The fourth-order valence-electron chi connectivity index (χ4n) is 2.21. The number of benzene rings is 2. The van der Waals surface area contributed by atoms with Crippen LogP contribution < -0.4 is 21.4 Å². The average Bonchev–Trinajstić information content (AvgIpc) is 2.73. The topological polar surface area (TPSA) is 129 Å². The van der Waals surface area contributed by atoms with Crippen LogP contribution in [0.3, 0.4) is 0 Å². The van der Waals surface area contributed by atoms with Crippen molar-refractivity contribution in [2.24, 2.45) is 5.10 Å². The number of aromatic nitrogens is 3. The number of aromatic amines is 2. The van der Waals surface area contributed by atoms with Gasteiger partial charge in [0, 0.05) is 0 Å². The predicted octanol–water partition coefficient (Wildman–Crippen LogP) is 1.28. The molecule has 1 heterocycles. The molecule has 0 spiro atoms. The molecule has 0 bridgehead atoms. The van der Waals surface area contributed by atoms with Crippen molar-refractivity contribution in [2.45, 2.75) is 11.6 Å². The summed E-state index contributed by atoms with van der Waals surface area (Å²) in [5, 5.41) is 9.56. The van der Waals surface area contributed by atoms with Gasteiger partial charge in [-0.2, -0.15) is 10.2 Å². The maximum atomic E-state index is 11.8. The molecule has 29 heavy (non-hydrogen) atoms. The molecule has 1 aromatic heterocycles. The van der Waals surface area contributed by atoms with Gasteiger partial charge in [-0.25, -0.2) is 15.3 Å². The fraction of sp³-hybridized carbons (Fsp3) is 0.105. The first-order valence-corrected chi connectivity index (χ1v) is 9.49. The monoisotopic (exact) mass is 411 g/mol. The van der Waals surface area contributed by atoms with Crippen molar-refractivity contribution in [1.29, 1.82) is 0 Å². The highest BCUT2D eigenvalue weighted by Gasteiger charge is 2.07. The van der Waals surface area contributed by atoms with Gasteiger partial charge in [-0.15, -0.1) is 0 Å². The van der Waals surface area contributed by atoms with Crippen molar-refractivity contribution in [2.75, 3.05) is 5.75 Å². The van der Waals surface area contributed by atoms with Gasteiger partial charge >= 0.3 is 5.69 Å². The summed E-state index contributed by atoms with van der Waals surface area (Å²) in [4.78, 5) is 36.3. The molecule has 148 valence electrons. The van der Waals surface area contributed by atoms with Gasteiger partial charge in [0.25, 0.3) is 5.56 Å². The number of hydrazone groups is 1. The molecule has 0 aliphatic heterocycles. The molecule has 0 aliphatic rings. The van der Waals surface area contributed by atoms with E-state index in [0.29, 0.717) is 12.4 Å². The lowest BCUT2D eigenvalue weighted by Crippen LogP contribution is -2.26. The largest absolute Gasteiger partial charge is 0.489 e. The number of nitrogens with one attached hydrogen (secondary N) is 3. The molecular formula is C19H17N5O4S. The second-order valence-corrected chi connectivity index (χ2v) is 6.70. The van der Waals surface area contributed by atoms with Crippen LogP contribution in [0.25, 0.3) is 0 Å². The summed E-state index contributed by atoms with van der Waals surface area (Å²) in [5.41, 5.74) is 2.82. The van der Waals surface area contributed by atoms with Gasteiger partial charge in [-0.1, -0.05) is 54.2 Å². The zero-order valence-corrected chi connectivity index (χ0v) is 15.9. The molecule has 2 aromatic carbocycles. The summed E-state index contributed by atoms with van der Waals surface area (Å²) in [6, 6.07) is 17.1. The summed E-state index contributed by atoms with van der Waals surface area (Å²) in [7, 11) is 0. The Balaban J connectivity index is 1.48. The van der Waals surface area contributed by atoms with E-state index in [1.807, 2.05) is 53.5 Å². The predicted molar refractivity (Wildman–Crippen MR) is 109 cm³/mol. The van der Waals surface area contributed by atoms with E-state index in [0.717, 1.165) is 22.9 Å². The van der Waals surface area contributed by atoms with Crippen LogP contribution in [0.5, 0.6) is 5.75 Å². The summed E-state index contributed by atoms with van der Waals surface area (Å²) >= 11 is 0.886. The summed E-state index contributed by atoms with van der Waals surface area (Å²) in [6.07, 6.45) is 1.49. The number of carbonyl (C=O) groups excluding carboxylic acids is 1. The summed E-state index contributed by atoms with van der Waals surface area (Å²) < 4.78 is 5.75. The van der Waals surface area contributed by atoms with E-state index < -0.39 is 17.2 Å². The minimum absolute atomic E-state index is 0.00741. The number of thioether (sulfide) groups is 1. The van der Waals surface area contributed by atoms with Crippen LogP contribution in [0.1, 0.15) is 11.1 Å². The Morgan fingerprint density at radius 2 is 2.00 bits per heavy atom. The highest BCUT2D eigenvalue weighted by atomic mass is 32.2. The molecule has 0 saturated carbocycles. The van der Waals surface area contributed by atoms with Crippen molar-refractivity contribution in [3.05, 3.63) is 86.6 Å². The van der Waals surface area contributed by atoms with Gasteiger partial charge < -0.3 is 4.74 Å². The molecule has 0 unspecified atom stereocenters. The molecule has 0 radical (unpaired) electrons. The molecule has 0 aliphatic carbocycles. The number of rotatable bonds is 8. The Hall–Kier alpha value is -3.66. The van der Waals surface area contributed by atoms with Crippen molar-refractivity contribution >= 4 is 23.9 Å². The smallest absolute Gasteiger partial charge is 0.342 e. The minimum atomic E-state index is -0.705. The Morgan fingerprint density at radius 1 is 1.17 bits per heavy atom. The summed E-state index contributed by atoms with van der Waals surface area (Å²) in [6.45, 7) is 0.452. The maximum absolute atomic E-state index is 11.8. The zero-order valence-electron chi connectivity index (χ0n) is 15.1. The van der Waals surface area contributed by atoms with E-state index in [2.05, 4.69) is 20.7 Å². The number of amides is 1.